The third kappa shape index (κ3) is 4.88. The van der Waals surface area contributed by atoms with Crippen molar-refractivity contribution in [3.63, 3.8) is 0 Å². The molecule has 2 heterocycles. The molecular formula is C33H34N4O3. The quantitative estimate of drug-likeness (QED) is 0.312. The maximum atomic E-state index is 14.2. The lowest BCUT2D eigenvalue weighted by Crippen LogP contribution is -2.40. The lowest BCUT2D eigenvalue weighted by molar-refractivity contribution is -0.122. The molecule has 0 fully saturated rings. The molecule has 2 unspecified atom stereocenters. The molecule has 40 heavy (non-hydrogen) atoms. The zero-order valence-electron chi connectivity index (χ0n) is 23.6. The maximum absolute atomic E-state index is 14.2. The molecule has 2 aliphatic heterocycles. The zero-order valence-corrected chi connectivity index (χ0v) is 23.6. The first-order valence-electron chi connectivity index (χ1n) is 13.8. The summed E-state index contributed by atoms with van der Waals surface area (Å²) < 4.78 is 0. The predicted octanol–water partition coefficient (Wildman–Crippen LogP) is 6.45. The highest BCUT2D eigenvalue weighted by Crippen LogP contribution is 2.43. The SMILES string of the molecule is CCC1=NN(c2ccc(C)cc2)C(=O)C1C(c1ccc(C(C)=O)cc1)C1C(=O)N(c2ccc(C)cc2)N=C1CC. The zero-order chi connectivity index (χ0) is 28.6. The first kappa shape index (κ1) is 27.2. The van der Waals surface area contributed by atoms with E-state index < -0.39 is 17.8 Å². The summed E-state index contributed by atoms with van der Waals surface area (Å²) in [7, 11) is 0. The van der Waals surface area contributed by atoms with E-state index in [-0.39, 0.29) is 17.6 Å². The molecule has 0 spiro atoms. The van der Waals surface area contributed by atoms with Gasteiger partial charge < -0.3 is 0 Å². The van der Waals surface area contributed by atoms with Gasteiger partial charge >= 0.3 is 0 Å². The van der Waals surface area contributed by atoms with E-state index in [4.69, 9.17) is 10.2 Å². The van der Waals surface area contributed by atoms with Gasteiger partial charge in [0, 0.05) is 11.5 Å². The third-order valence-electron chi connectivity index (χ3n) is 7.83. The topological polar surface area (TPSA) is 82.4 Å². The smallest absolute Gasteiger partial charge is 0.256 e. The summed E-state index contributed by atoms with van der Waals surface area (Å²) in [5, 5.41) is 12.5. The summed E-state index contributed by atoms with van der Waals surface area (Å²) in [5.41, 5.74) is 6.40. The number of hydrazone groups is 2. The average molecular weight is 535 g/mol. The number of anilines is 2. The third-order valence-corrected chi connectivity index (χ3v) is 7.83. The van der Waals surface area contributed by atoms with Crippen LogP contribution in [0.15, 0.2) is 83.0 Å². The van der Waals surface area contributed by atoms with Gasteiger partial charge in [-0.1, -0.05) is 73.5 Å². The molecule has 2 atom stereocenters. The summed E-state index contributed by atoms with van der Waals surface area (Å²) in [6, 6.07) is 22.7. The van der Waals surface area contributed by atoms with Crippen molar-refractivity contribution in [3.05, 3.63) is 95.1 Å². The Morgan fingerprint density at radius 1 is 0.700 bits per heavy atom. The Morgan fingerprint density at radius 3 is 1.45 bits per heavy atom. The summed E-state index contributed by atoms with van der Waals surface area (Å²) in [6.07, 6.45) is 1.12. The number of carbonyl (C=O) groups is 3. The molecule has 0 saturated heterocycles. The standard InChI is InChI=1S/C33H34N4O3/c1-6-27-30(32(39)36(34-27)25-16-8-20(3)9-17-25)29(24-14-12-23(13-15-24)22(5)38)31-28(7-2)35-37(33(31)40)26-18-10-21(4)11-19-26/h8-19,29-31H,6-7H2,1-5H3. The lowest BCUT2D eigenvalue weighted by Gasteiger charge is -2.29. The van der Waals surface area contributed by atoms with E-state index in [2.05, 4.69) is 0 Å². The number of rotatable bonds is 8. The Balaban J connectivity index is 1.61. The van der Waals surface area contributed by atoms with Crippen LogP contribution in [0.1, 0.15) is 66.6 Å². The molecule has 0 N–H and O–H groups in total. The molecule has 5 rings (SSSR count). The molecule has 3 aromatic rings. The molecule has 7 heteroatoms. The minimum absolute atomic E-state index is 0.0419. The van der Waals surface area contributed by atoms with Crippen molar-refractivity contribution in [2.24, 2.45) is 22.0 Å². The number of aryl methyl sites for hydroxylation is 2. The second kappa shape index (κ2) is 11.0. The molecule has 2 aliphatic rings. The van der Waals surface area contributed by atoms with Gasteiger partial charge in [-0.2, -0.15) is 10.2 Å². The van der Waals surface area contributed by atoms with E-state index in [0.717, 1.165) is 28.1 Å². The van der Waals surface area contributed by atoms with Gasteiger partial charge in [-0.15, -0.1) is 0 Å². The van der Waals surface area contributed by atoms with Crippen LogP contribution < -0.4 is 10.0 Å². The van der Waals surface area contributed by atoms with Crippen molar-refractivity contribution in [2.45, 2.75) is 53.4 Å². The van der Waals surface area contributed by atoms with Crippen LogP contribution in [0.25, 0.3) is 0 Å². The van der Waals surface area contributed by atoms with Gasteiger partial charge in [0.05, 0.1) is 34.6 Å². The fourth-order valence-corrected chi connectivity index (χ4v) is 5.59. The molecule has 204 valence electrons. The fourth-order valence-electron chi connectivity index (χ4n) is 5.59. The molecular weight excluding hydrogens is 500 g/mol. The average Bonchev–Trinajstić information content (AvgIpc) is 3.46. The van der Waals surface area contributed by atoms with Crippen LogP contribution in [0, 0.1) is 25.7 Å². The number of amides is 2. The molecule has 0 aliphatic carbocycles. The van der Waals surface area contributed by atoms with Crippen molar-refractivity contribution in [1.82, 2.24) is 0 Å². The van der Waals surface area contributed by atoms with Crippen LogP contribution >= 0.6 is 0 Å². The summed E-state index contributed by atoms with van der Waals surface area (Å²) in [6.45, 7) is 9.49. The molecule has 0 aromatic heterocycles. The summed E-state index contributed by atoms with van der Waals surface area (Å²) >= 11 is 0. The van der Waals surface area contributed by atoms with E-state index in [1.807, 2.05) is 88.4 Å². The van der Waals surface area contributed by atoms with E-state index >= 15 is 0 Å². The van der Waals surface area contributed by atoms with Crippen molar-refractivity contribution >= 4 is 40.4 Å². The number of benzene rings is 3. The van der Waals surface area contributed by atoms with Crippen molar-refractivity contribution in [3.8, 4) is 0 Å². The Hall–Kier alpha value is -4.39. The second-order valence-electron chi connectivity index (χ2n) is 10.5. The minimum Gasteiger partial charge on any atom is -0.295 e. The molecule has 0 saturated carbocycles. The lowest BCUT2D eigenvalue weighted by atomic mass is 9.71. The Morgan fingerprint density at radius 2 is 1.10 bits per heavy atom. The first-order chi connectivity index (χ1) is 19.2. The number of ketones is 1. The molecule has 7 nitrogen and oxygen atoms in total. The highest BCUT2D eigenvalue weighted by molar-refractivity contribution is 6.20. The highest BCUT2D eigenvalue weighted by atomic mass is 16.2. The summed E-state index contributed by atoms with van der Waals surface area (Å²) in [4.78, 5) is 40.4. The molecule has 0 bridgehead atoms. The largest absolute Gasteiger partial charge is 0.295 e. The van der Waals surface area contributed by atoms with Gasteiger partial charge in [-0.3, -0.25) is 14.4 Å². The highest BCUT2D eigenvalue weighted by Gasteiger charge is 2.51. The Bertz CT molecular complexity index is 1420. The second-order valence-corrected chi connectivity index (χ2v) is 10.5. The van der Waals surface area contributed by atoms with E-state index in [0.29, 0.717) is 29.8 Å². The van der Waals surface area contributed by atoms with Gasteiger partial charge in [0.15, 0.2) is 5.78 Å². The Labute approximate surface area is 235 Å². The van der Waals surface area contributed by atoms with Gasteiger partial charge in [-0.05, 0) is 63.4 Å². The van der Waals surface area contributed by atoms with Crippen LogP contribution in [-0.4, -0.2) is 29.0 Å². The molecule has 0 radical (unpaired) electrons. The minimum atomic E-state index is -0.654. The van der Waals surface area contributed by atoms with Crippen molar-refractivity contribution in [2.75, 3.05) is 10.0 Å². The van der Waals surface area contributed by atoms with Crippen LogP contribution in [-0.2, 0) is 9.59 Å². The van der Waals surface area contributed by atoms with Gasteiger partial charge in [0.2, 0.25) is 0 Å². The van der Waals surface area contributed by atoms with Crippen LogP contribution in [0.5, 0.6) is 0 Å². The first-order valence-corrected chi connectivity index (χ1v) is 13.8. The maximum Gasteiger partial charge on any atom is 0.256 e. The van der Waals surface area contributed by atoms with Gasteiger partial charge in [-0.25, -0.2) is 10.0 Å². The van der Waals surface area contributed by atoms with E-state index in [9.17, 15) is 14.4 Å². The van der Waals surface area contributed by atoms with Crippen molar-refractivity contribution < 1.29 is 14.4 Å². The number of carbonyl (C=O) groups excluding carboxylic acids is 3. The summed E-state index contributed by atoms with van der Waals surface area (Å²) in [5.74, 6) is -2.22. The molecule has 2 amide bonds. The van der Waals surface area contributed by atoms with Crippen LogP contribution in [0.3, 0.4) is 0 Å². The van der Waals surface area contributed by atoms with Gasteiger partial charge in [0.25, 0.3) is 11.8 Å². The number of hydrogen-bond donors (Lipinski definition) is 0. The number of nitrogens with zero attached hydrogens (tertiary/aromatic N) is 4. The predicted molar refractivity (Wildman–Crippen MR) is 159 cm³/mol. The van der Waals surface area contributed by atoms with Crippen LogP contribution in [0.2, 0.25) is 0 Å². The number of Topliss-reactive ketones (excluding diaryl/α,β-unsaturated/α-hetero) is 1. The molecule has 3 aromatic carbocycles. The van der Waals surface area contributed by atoms with Gasteiger partial charge in [0.1, 0.15) is 0 Å². The normalized spacial score (nSPS) is 19.6. The van der Waals surface area contributed by atoms with Crippen LogP contribution in [0.4, 0.5) is 11.4 Å². The number of hydrogen-bond acceptors (Lipinski definition) is 5. The van der Waals surface area contributed by atoms with E-state index in [1.54, 1.807) is 12.1 Å². The monoisotopic (exact) mass is 534 g/mol. The fraction of sp³-hybridized carbons (Fsp3) is 0.303. The van der Waals surface area contributed by atoms with E-state index in [1.165, 1.54) is 16.9 Å². The van der Waals surface area contributed by atoms with Crippen molar-refractivity contribution in [1.29, 1.82) is 0 Å². The Kier molecular flexibility index (Phi) is 7.48.